The summed E-state index contributed by atoms with van der Waals surface area (Å²) in [5, 5.41) is 13.7. The Bertz CT molecular complexity index is 673. The molecule has 7 nitrogen and oxygen atoms in total. The van der Waals surface area contributed by atoms with Gasteiger partial charge in [0.05, 0.1) is 18.2 Å². The molecule has 1 atom stereocenters. The van der Waals surface area contributed by atoms with Crippen LogP contribution in [0.5, 0.6) is 0 Å². The molecule has 0 fully saturated rings. The largest absolute Gasteiger partial charge is 0.463 e. The first kappa shape index (κ1) is 16.0. The number of carbonyl (C=O) groups is 1. The van der Waals surface area contributed by atoms with Crippen molar-refractivity contribution in [2.45, 2.75) is 6.54 Å². The molecule has 2 aromatic rings. The van der Waals surface area contributed by atoms with Crippen LogP contribution in [0.15, 0.2) is 41.0 Å². The van der Waals surface area contributed by atoms with E-state index in [2.05, 4.69) is 5.32 Å². The Morgan fingerprint density at radius 1 is 1.45 bits per heavy atom. The molecule has 0 saturated carbocycles. The maximum Gasteiger partial charge on any atom is 0.294 e. The molecule has 0 aliphatic rings. The van der Waals surface area contributed by atoms with E-state index in [-0.39, 0.29) is 28.8 Å². The van der Waals surface area contributed by atoms with Gasteiger partial charge in [-0.3, -0.25) is 14.9 Å². The Hall–Kier alpha value is -2.38. The molecule has 1 heterocycles. The van der Waals surface area contributed by atoms with E-state index in [4.69, 9.17) is 16.0 Å². The van der Waals surface area contributed by atoms with E-state index in [9.17, 15) is 14.9 Å². The Morgan fingerprint density at radius 3 is 2.86 bits per heavy atom. The van der Waals surface area contributed by atoms with Crippen molar-refractivity contribution in [3.8, 4) is 0 Å². The lowest BCUT2D eigenvalue weighted by Gasteiger charge is -2.12. The van der Waals surface area contributed by atoms with Crippen molar-refractivity contribution < 1.29 is 19.0 Å². The number of carbonyl (C=O) groups excluding carboxylic acids is 1. The lowest BCUT2D eigenvalue weighted by atomic mass is 10.2. The smallest absolute Gasteiger partial charge is 0.294 e. The number of nitrogens with zero attached hydrogens (tertiary/aromatic N) is 1. The van der Waals surface area contributed by atoms with E-state index >= 15 is 0 Å². The van der Waals surface area contributed by atoms with Crippen LogP contribution in [0.1, 0.15) is 5.76 Å². The molecule has 2 rings (SSSR count). The number of hydrogen-bond acceptors (Lipinski definition) is 4. The van der Waals surface area contributed by atoms with E-state index in [1.165, 1.54) is 18.2 Å². The van der Waals surface area contributed by atoms with Gasteiger partial charge in [-0.1, -0.05) is 11.6 Å². The quantitative estimate of drug-likeness (QED) is 0.622. The number of anilines is 1. The second-order valence-corrected chi connectivity index (χ2v) is 5.29. The molecule has 1 unspecified atom stereocenters. The monoisotopic (exact) mass is 324 g/mol. The Labute approximate surface area is 131 Å². The molecule has 1 aromatic carbocycles. The highest BCUT2D eigenvalue weighted by molar-refractivity contribution is 6.31. The Morgan fingerprint density at radius 2 is 2.23 bits per heavy atom. The fourth-order valence-corrected chi connectivity index (χ4v) is 2.17. The lowest BCUT2D eigenvalue weighted by Crippen LogP contribution is -3.08. The maximum atomic E-state index is 12.0. The first-order valence-corrected chi connectivity index (χ1v) is 6.91. The third-order valence-corrected chi connectivity index (χ3v) is 3.18. The summed E-state index contributed by atoms with van der Waals surface area (Å²) in [7, 11) is 1.83. The van der Waals surface area contributed by atoms with E-state index in [1.54, 1.807) is 12.3 Å². The van der Waals surface area contributed by atoms with Crippen LogP contribution in [-0.4, -0.2) is 24.4 Å². The van der Waals surface area contributed by atoms with Gasteiger partial charge in [-0.25, -0.2) is 0 Å². The third-order valence-electron chi connectivity index (χ3n) is 2.95. The molecule has 2 N–H and O–H groups in total. The summed E-state index contributed by atoms with van der Waals surface area (Å²) in [5.74, 6) is 0.442. The molecule has 1 amide bonds. The number of nitrogens with one attached hydrogen (secondary N) is 2. The van der Waals surface area contributed by atoms with E-state index in [1.807, 2.05) is 13.1 Å². The van der Waals surface area contributed by atoms with Crippen molar-refractivity contribution in [3.63, 3.8) is 0 Å². The second kappa shape index (κ2) is 7.06. The Balaban J connectivity index is 1.98. The fourth-order valence-electron chi connectivity index (χ4n) is 2.00. The number of amides is 1. The number of benzene rings is 1. The average Bonchev–Trinajstić information content (AvgIpc) is 2.93. The summed E-state index contributed by atoms with van der Waals surface area (Å²) in [4.78, 5) is 23.3. The topological polar surface area (TPSA) is 89.8 Å². The lowest BCUT2D eigenvalue weighted by molar-refractivity contribution is -0.886. The van der Waals surface area contributed by atoms with Gasteiger partial charge in [-0.2, -0.15) is 0 Å². The molecular weight excluding hydrogens is 310 g/mol. The number of rotatable bonds is 6. The van der Waals surface area contributed by atoms with Gasteiger partial charge in [-0.05, 0) is 24.3 Å². The van der Waals surface area contributed by atoms with Crippen molar-refractivity contribution >= 4 is 28.9 Å². The van der Waals surface area contributed by atoms with Crippen molar-refractivity contribution in [2.75, 3.05) is 18.9 Å². The highest BCUT2D eigenvalue weighted by Crippen LogP contribution is 2.27. The average molecular weight is 325 g/mol. The number of furan rings is 1. The zero-order valence-electron chi connectivity index (χ0n) is 11.8. The standard InChI is InChI=1S/C14H14ClN3O4/c1-17(8-11-3-2-6-22-11)9-14(19)16-12-5-4-10(15)7-13(12)18(20)21/h2-7H,8-9H2,1H3,(H,16,19)/p+1. The summed E-state index contributed by atoms with van der Waals surface area (Å²) in [5.41, 5.74) is -0.102. The second-order valence-electron chi connectivity index (χ2n) is 4.86. The predicted octanol–water partition coefficient (Wildman–Crippen LogP) is 1.49. The van der Waals surface area contributed by atoms with Crippen LogP contribution in [0.2, 0.25) is 5.02 Å². The van der Waals surface area contributed by atoms with Crippen molar-refractivity contribution in [1.29, 1.82) is 0 Å². The van der Waals surface area contributed by atoms with Crippen LogP contribution in [-0.2, 0) is 11.3 Å². The van der Waals surface area contributed by atoms with Crippen LogP contribution in [0, 0.1) is 10.1 Å². The van der Waals surface area contributed by atoms with Gasteiger partial charge in [0.1, 0.15) is 12.2 Å². The number of hydrogen-bond donors (Lipinski definition) is 2. The molecule has 8 heteroatoms. The molecule has 0 aliphatic carbocycles. The SMILES string of the molecule is C[NH+](CC(=O)Nc1ccc(Cl)cc1[N+](=O)[O-])Cc1ccco1. The maximum absolute atomic E-state index is 12.0. The molecule has 22 heavy (non-hydrogen) atoms. The predicted molar refractivity (Wildman–Crippen MR) is 80.9 cm³/mol. The fraction of sp³-hybridized carbons (Fsp3) is 0.214. The summed E-state index contributed by atoms with van der Waals surface area (Å²) in [6.45, 7) is 0.698. The number of likely N-dealkylation sites (N-methyl/N-ethyl adjacent to an activating group) is 1. The molecule has 116 valence electrons. The minimum atomic E-state index is -0.582. The Kier molecular flexibility index (Phi) is 5.13. The third kappa shape index (κ3) is 4.31. The molecule has 0 aliphatic heterocycles. The van der Waals surface area contributed by atoms with E-state index in [0.29, 0.717) is 6.54 Å². The first-order valence-electron chi connectivity index (χ1n) is 6.53. The van der Waals surface area contributed by atoms with Crippen LogP contribution in [0.25, 0.3) is 0 Å². The van der Waals surface area contributed by atoms with Crippen LogP contribution in [0.3, 0.4) is 0 Å². The number of nitro groups is 1. The number of halogens is 1. The van der Waals surface area contributed by atoms with Crippen LogP contribution < -0.4 is 10.2 Å². The molecule has 0 radical (unpaired) electrons. The van der Waals surface area contributed by atoms with Gasteiger partial charge in [0.15, 0.2) is 12.3 Å². The zero-order valence-corrected chi connectivity index (χ0v) is 12.6. The minimum Gasteiger partial charge on any atom is -0.463 e. The summed E-state index contributed by atoms with van der Waals surface area (Å²) in [6.07, 6.45) is 1.57. The van der Waals surface area contributed by atoms with Gasteiger partial charge in [0, 0.05) is 11.1 Å². The zero-order chi connectivity index (χ0) is 16.1. The van der Waals surface area contributed by atoms with Gasteiger partial charge in [0.2, 0.25) is 0 Å². The summed E-state index contributed by atoms with van der Waals surface area (Å²) in [6, 6.07) is 7.71. The van der Waals surface area contributed by atoms with Crippen molar-refractivity contribution in [2.24, 2.45) is 0 Å². The van der Waals surface area contributed by atoms with Gasteiger partial charge >= 0.3 is 0 Å². The van der Waals surface area contributed by atoms with Crippen LogP contribution in [0.4, 0.5) is 11.4 Å². The van der Waals surface area contributed by atoms with Gasteiger partial charge in [0.25, 0.3) is 11.6 Å². The van der Waals surface area contributed by atoms with Crippen molar-refractivity contribution in [3.05, 3.63) is 57.5 Å². The molecule has 0 spiro atoms. The molecule has 1 aromatic heterocycles. The van der Waals surface area contributed by atoms with E-state index in [0.717, 1.165) is 10.7 Å². The molecule has 0 bridgehead atoms. The first-order chi connectivity index (χ1) is 10.5. The molecule has 0 saturated heterocycles. The summed E-state index contributed by atoms with van der Waals surface area (Å²) < 4.78 is 5.21. The highest BCUT2D eigenvalue weighted by Gasteiger charge is 2.18. The van der Waals surface area contributed by atoms with Crippen molar-refractivity contribution in [1.82, 2.24) is 0 Å². The number of quaternary nitrogens is 1. The number of nitro benzene ring substituents is 1. The molecular formula is C14H15ClN3O4+. The van der Waals surface area contributed by atoms with Crippen LogP contribution >= 0.6 is 11.6 Å². The highest BCUT2D eigenvalue weighted by atomic mass is 35.5. The van der Waals surface area contributed by atoms with Gasteiger partial charge in [-0.15, -0.1) is 0 Å². The van der Waals surface area contributed by atoms with E-state index < -0.39 is 4.92 Å². The summed E-state index contributed by atoms with van der Waals surface area (Å²) >= 11 is 5.73. The minimum absolute atomic E-state index is 0.130. The normalized spacial score (nSPS) is 11.9. The van der Waals surface area contributed by atoms with Gasteiger partial charge < -0.3 is 14.6 Å².